The zero-order valence-electron chi connectivity index (χ0n) is 21.0. The van der Waals surface area contributed by atoms with E-state index in [1.807, 2.05) is 51.1 Å². The number of carbonyl (C=O) groups excluding carboxylic acids is 2. The van der Waals surface area contributed by atoms with Gasteiger partial charge in [-0.15, -0.1) is 0 Å². The van der Waals surface area contributed by atoms with Gasteiger partial charge in [-0.2, -0.15) is 0 Å². The predicted octanol–water partition coefficient (Wildman–Crippen LogP) is 5.41. The SMILES string of the molecule is CC[C@H](C)OC(=O)C1=C(C)NC2=C(C(=O)C[C@@H](c3ccccc3)C2)[C@H]1c1cccc(OC)c1OC. The molecule has 35 heavy (non-hydrogen) atoms. The molecule has 1 aliphatic heterocycles. The Bertz CT molecular complexity index is 1180. The number of methoxy groups -OCH3 is 2. The summed E-state index contributed by atoms with van der Waals surface area (Å²) in [5.41, 5.74) is 4.42. The predicted molar refractivity (Wildman–Crippen MR) is 134 cm³/mol. The van der Waals surface area contributed by atoms with Gasteiger partial charge in [0.1, 0.15) is 0 Å². The van der Waals surface area contributed by atoms with E-state index < -0.39 is 11.9 Å². The molecule has 0 fully saturated rings. The maximum atomic E-state index is 13.8. The summed E-state index contributed by atoms with van der Waals surface area (Å²) in [4.78, 5) is 27.2. The van der Waals surface area contributed by atoms with Gasteiger partial charge in [-0.25, -0.2) is 4.79 Å². The van der Waals surface area contributed by atoms with Crippen LogP contribution >= 0.6 is 0 Å². The summed E-state index contributed by atoms with van der Waals surface area (Å²) in [6.45, 7) is 5.70. The van der Waals surface area contributed by atoms with Crippen LogP contribution in [0.2, 0.25) is 0 Å². The second kappa shape index (κ2) is 10.4. The molecule has 0 radical (unpaired) electrons. The van der Waals surface area contributed by atoms with Gasteiger partial charge < -0.3 is 19.5 Å². The lowest BCUT2D eigenvalue weighted by molar-refractivity contribution is -0.144. The molecule has 2 aromatic carbocycles. The van der Waals surface area contributed by atoms with Crippen molar-refractivity contribution >= 4 is 11.8 Å². The Kier molecular flexibility index (Phi) is 7.29. The molecule has 0 unspecified atom stereocenters. The molecule has 0 saturated carbocycles. The fraction of sp³-hybridized carbons (Fsp3) is 0.379. The lowest BCUT2D eigenvalue weighted by Gasteiger charge is -2.37. The highest BCUT2D eigenvalue weighted by molar-refractivity contribution is 6.04. The summed E-state index contributed by atoms with van der Waals surface area (Å²) in [5.74, 6) is 0.102. The molecule has 1 N–H and O–H groups in total. The van der Waals surface area contributed by atoms with Gasteiger partial charge in [0, 0.05) is 29.0 Å². The molecule has 2 aliphatic rings. The van der Waals surface area contributed by atoms with Gasteiger partial charge in [0.15, 0.2) is 17.3 Å². The standard InChI is InChI=1S/C29H33NO5/c1-6-17(2)35-29(32)25-18(3)30-22-15-20(19-11-8-7-9-12-19)16-23(31)27(22)26(25)21-13-10-14-24(33-4)28(21)34-5/h7-14,17,20,26,30H,6,15-16H2,1-5H3/t17-,20-,26-/m0/s1. The number of hydrogen-bond acceptors (Lipinski definition) is 6. The van der Waals surface area contributed by atoms with E-state index in [1.165, 1.54) is 0 Å². The molecule has 0 bridgehead atoms. The molecule has 184 valence electrons. The van der Waals surface area contributed by atoms with E-state index in [4.69, 9.17) is 14.2 Å². The quantitative estimate of drug-likeness (QED) is 0.540. The molecular weight excluding hydrogens is 442 g/mol. The monoisotopic (exact) mass is 475 g/mol. The van der Waals surface area contributed by atoms with E-state index in [2.05, 4.69) is 17.4 Å². The number of dihydropyridines is 1. The number of para-hydroxylation sites is 1. The fourth-order valence-electron chi connectivity index (χ4n) is 5.05. The third-order valence-electron chi connectivity index (χ3n) is 6.95. The number of allylic oxidation sites excluding steroid dienone is 3. The Morgan fingerprint density at radius 2 is 1.80 bits per heavy atom. The summed E-state index contributed by atoms with van der Waals surface area (Å²) in [6, 6.07) is 15.6. The molecule has 0 spiro atoms. The summed E-state index contributed by atoms with van der Waals surface area (Å²) in [5, 5.41) is 3.40. The zero-order chi connectivity index (χ0) is 25.1. The zero-order valence-corrected chi connectivity index (χ0v) is 21.0. The van der Waals surface area contributed by atoms with Gasteiger partial charge >= 0.3 is 5.97 Å². The molecule has 2 aromatic rings. The number of rotatable bonds is 7. The Balaban J connectivity index is 1.86. The number of nitrogens with one attached hydrogen (secondary N) is 1. The van der Waals surface area contributed by atoms with E-state index in [1.54, 1.807) is 20.3 Å². The maximum absolute atomic E-state index is 13.8. The van der Waals surface area contributed by atoms with Gasteiger partial charge in [-0.3, -0.25) is 4.79 Å². The van der Waals surface area contributed by atoms with Crippen LogP contribution in [-0.4, -0.2) is 32.1 Å². The van der Waals surface area contributed by atoms with Crippen molar-refractivity contribution in [1.82, 2.24) is 5.32 Å². The summed E-state index contributed by atoms with van der Waals surface area (Å²) < 4.78 is 17.0. The van der Waals surface area contributed by atoms with Crippen LogP contribution in [0, 0.1) is 0 Å². The number of benzene rings is 2. The summed E-state index contributed by atoms with van der Waals surface area (Å²) >= 11 is 0. The fourth-order valence-corrected chi connectivity index (χ4v) is 5.05. The Labute approximate surface area is 207 Å². The average molecular weight is 476 g/mol. The van der Waals surface area contributed by atoms with Crippen LogP contribution in [0.25, 0.3) is 0 Å². The van der Waals surface area contributed by atoms with Gasteiger partial charge in [0.2, 0.25) is 0 Å². The first-order chi connectivity index (χ1) is 16.9. The van der Waals surface area contributed by atoms with Crippen LogP contribution in [0.3, 0.4) is 0 Å². The molecular formula is C29H33NO5. The normalized spacial score (nSPS) is 20.7. The van der Waals surface area contributed by atoms with E-state index in [-0.39, 0.29) is 17.8 Å². The smallest absolute Gasteiger partial charge is 0.337 e. The van der Waals surface area contributed by atoms with Crippen molar-refractivity contribution in [2.24, 2.45) is 0 Å². The molecule has 3 atom stereocenters. The van der Waals surface area contributed by atoms with Crippen molar-refractivity contribution < 1.29 is 23.8 Å². The summed E-state index contributed by atoms with van der Waals surface area (Å²) in [6.07, 6.45) is 1.51. The number of esters is 1. The molecule has 1 heterocycles. The third-order valence-corrected chi connectivity index (χ3v) is 6.95. The number of hydrogen-bond donors (Lipinski definition) is 1. The van der Waals surface area contributed by atoms with E-state index in [9.17, 15) is 9.59 Å². The van der Waals surface area contributed by atoms with Crippen molar-refractivity contribution in [3.63, 3.8) is 0 Å². The van der Waals surface area contributed by atoms with Gasteiger partial charge in [-0.05, 0) is 44.2 Å². The van der Waals surface area contributed by atoms with Crippen LogP contribution in [0.5, 0.6) is 11.5 Å². The minimum Gasteiger partial charge on any atom is -0.493 e. The van der Waals surface area contributed by atoms with Crippen molar-refractivity contribution in [3.05, 3.63) is 82.2 Å². The second-order valence-corrected chi connectivity index (χ2v) is 9.13. The number of ether oxygens (including phenoxy) is 3. The molecule has 0 aromatic heterocycles. The van der Waals surface area contributed by atoms with Crippen LogP contribution < -0.4 is 14.8 Å². The highest BCUT2D eigenvalue weighted by Crippen LogP contribution is 2.49. The van der Waals surface area contributed by atoms with Crippen molar-refractivity contribution in [1.29, 1.82) is 0 Å². The Hall–Kier alpha value is -3.54. The average Bonchev–Trinajstić information content (AvgIpc) is 2.87. The maximum Gasteiger partial charge on any atom is 0.337 e. The molecule has 1 aliphatic carbocycles. The van der Waals surface area contributed by atoms with E-state index in [0.29, 0.717) is 53.2 Å². The van der Waals surface area contributed by atoms with Gasteiger partial charge in [0.25, 0.3) is 0 Å². The topological polar surface area (TPSA) is 73.9 Å². The number of Topliss-reactive ketones (excluding diaryl/α,β-unsaturated/α-hetero) is 1. The summed E-state index contributed by atoms with van der Waals surface area (Å²) in [7, 11) is 3.14. The molecule has 6 nitrogen and oxygen atoms in total. The number of ketones is 1. The van der Waals surface area contributed by atoms with E-state index >= 15 is 0 Å². The van der Waals surface area contributed by atoms with Crippen molar-refractivity contribution in [3.8, 4) is 11.5 Å². The first-order valence-corrected chi connectivity index (χ1v) is 12.1. The van der Waals surface area contributed by atoms with Crippen molar-refractivity contribution in [2.75, 3.05) is 14.2 Å². The van der Waals surface area contributed by atoms with Crippen LogP contribution in [0.4, 0.5) is 0 Å². The molecule has 0 amide bonds. The third kappa shape index (κ3) is 4.70. The Morgan fingerprint density at radius 3 is 2.46 bits per heavy atom. The molecule has 0 saturated heterocycles. The minimum absolute atomic E-state index is 0.0174. The Morgan fingerprint density at radius 1 is 1.06 bits per heavy atom. The van der Waals surface area contributed by atoms with Gasteiger partial charge in [-0.1, -0.05) is 49.4 Å². The first kappa shape index (κ1) is 24.6. The lowest BCUT2D eigenvalue weighted by atomic mass is 9.71. The van der Waals surface area contributed by atoms with Crippen LogP contribution in [0.1, 0.15) is 63.0 Å². The lowest BCUT2D eigenvalue weighted by Crippen LogP contribution is -2.36. The highest BCUT2D eigenvalue weighted by Gasteiger charge is 2.43. The highest BCUT2D eigenvalue weighted by atomic mass is 16.5. The van der Waals surface area contributed by atoms with Gasteiger partial charge in [0.05, 0.1) is 31.8 Å². The second-order valence-electron chi connectivity index (χ2n) is 9.13. The molecule has 6 heteroatoms. The first-order valence-electron chi connectivity index (χ1n) is 12.1. The largest absolute Gasteiger partial charge is 0.493 e. The molecule has 4 rings (SSSR count). The minimum atomic E-state index is -0.614. The van der Waals surface area contributed by atoms with E-state index in [0.717, 1.165) is 11.3 Å². The van der Waals surface area contributed by atoms with Crippen molar-refractivity contribution in [2.45, 2.75) is 58.0 Å². The number of carbonyl (C=O) groups is 2. The van der Waals surface area contributed by atoms with Crippen LogP contribution in [0.15, 0.2) is 71.1 Å². The van der Waals surface area contributed by atoms with Crippen LogP contribution in [-0.2, 0) is 14.3 Å².